The molecule has 0 fully saturated rings. The van der Waals surface area contributed by atoms with Gasteiger partial charge in [-0.2, -0.15) is 0 Å². The number of benzene rings is 2. The van der Waals surface area contributed by atoms with Crippen LogP contribution in [0.15, 0.2) is 59.5 Å². The van der Waals surface area contributed by atoms with Gasteiger partial charge in [0, 0.05) is 12.6 Å². The van der Waals surface area contributed by atoms with Crippen molar-refractivity contribution in [2.75, 3.05) is 17.9 Å². The first kappa shape index (κ1) is 18.0. The number of rotatable bonds is 6. The normalized spacial score (nSPS) is 12.5. The van der Waals surface area contributed by atoms with Crippen LogP contribution in [0.2, 0.25) is 0 Å². The smallest absolute Gasteiger partial charge is 0.264 e. The van der Waals surface area contributed by atoms with Crippen LogP contribution in [0.4, 0.5) is 5.69 Å². The molecule has 2 aromatic rings. The molecule has 0 aliphatic heterocycles. The van der Waals surface area contributed by atoms with Crippen LogP contribution in [0.5, 0.6) is 0 Å². The van der Waals surface area contributed by atoms with Gasteiger partial charge >= 0.3 is 0 Å². The van der Waals surface area contributed by atoms with Gasteiger partial charge in [0.15, 0.2) is 0 Å². The molecule has 1 atom stereocenters. The maximum atomic E-state index is 12.9. The summed E-state index contributed by atoms with van der Waals surface area (Å²) >= 11 is 0. The number of anilines is 1. The zero-order valence-electron chi connectivity index (χ0n) is 13.5. The highest BCUT2D eigenvalue weighted by atomic mass is 32.2. The molecule has 1 amide bonds. The first-order valence-electron chi connectivity index (χ1n) is 7.44. The Hall–Kier alpha value is -2.38. The first-order valence-corrected chi connectivity index (χ1v) is 8.88. The molecule has 2 rings (SSSR count). The second-order valence-corrected chi connectivity index (χ2v) is 7.19. The molecule has 0 saturated heterocycles. The molecule has 0 radical (unpaired) electrons. The zero-order valence-corrected chi connectivity index (χ0v) is 14.3. The van der Waals surface area contributed by atoms with E-state index in [1.807, 2.05) is 0 Å². The molecule has 0 unspecified atom stereocenters. The van der Waals surface area contributed by atoms with Crippen molar-refractivity contribution in [1.29, 1.82) is 0 Å². The van der Waals surface area contributed by atoms with Crippen LogP contribution in [0.1, 0.15) is 17.3 Å². The number of amides is 1. The molecule has 7 heteroatoms. The molecule has 0 spiro atoms. The molecule has 6 nitrogen and oxygen atoms in total. The number of carbonyl (C=O) groups is 1. The number of aliphatic hydroxyl groups is 1. The van der Waals surface area contributed by atoms with Crippen LogP contribution in [-0.2, 0) is 10.0 Å². The number of para-hydroxylation sites is 1. The summed E-state index contributed by atoms with van der Waals surface area (Å²) in [6, 6.07) is 14.3. The van der Waals surface area contributed by atoms with Crippen LogP contribution >= 0.6 is 0 Å². The van der Waals surface area contributed by atoms with Gasteiger partial charge in [0.25, 0.3) is 15.9 Å². The number of nitrogens with zero attached hydrogens (tertiary/aromatic N) is 1. The molecule has 0 bridgehead atoms. The minimum absolute atomic E-state index is 0.0552. The van der Waals surface area contributed by atoms with Crippen LogP contribution in [0.25, 0.3) is 0 Å². The van der Waals surface area contributed by atoms with E-state index in [0.717, 1.165) is 4.31 Å². The molecule has 0 aliphatic rings. The molecule has 2 N–H and O–H groups in total. The Kier molecular flexibility index (Phi) is 5.58. The lowest BCUT2D eigenvalue weighted by atomic mass is 10.2. The monoisotopic (exact) mass is 348 g/mol. The summed E-state index contributed by atoms with van der Waals surface area (Å²) in [5, 5.41) is 12.2. The summed E-state index contributed by atoms with van der Waals surface area (Å²) in [6.07, 6.45) is -0.829. The molecule has 128 valence electrons. The quantitative estimate of drug-likeness (QED) is 0.830. The molecule has 2 aromatic carbocycles. The van der Waals surface area contributed by atoms with Crippen LogP contribution in [0, 0.1) is 0 Å². The topological polar surface area (TPSA) is 86.7 Å². The Labute approximate surface area is 141 Å². The predicted molar refractivity (Wildman–Crippen MR) is 92.5 cm³/mol. The van der Waals surface area contributed by atoms with E-state index in [1.54, 1.807) is 30.3 Å². The Morgan fingerprint density at radius 2 is 1.71 bits per heavy atom. The summed E-state index contributed by atoms with van der Waals surface area (Å²) in [5.74, 6) is -0.289. The van der Waals surface area contributed by atoms with Gasteiger partial charge in [-0.05, 0) is 43.3 Å². The van der Waals surface area contributed by atoms with E-state index in [0.29, 0.717) is 11.3 Å². The molecular weight excluding hydrogens is 328 g/mol. The molecular formula is C17H20N2O4S. The number of hydrogen-bond acceptors (Lipinski definition) is 4. The minimum atomic E-state index is -3.86. The molecule has 24 heavy (non-hydrogen) atoms. The van der Waals surface area contributed by atoms with E-state index < -0.39 is 16.1 Å². The van der Waals surface area contributed by atoms with Crippen LogP contribution < -0.4 is 9.62 Å². The lowest BCUT2D eigenvalue weighted by Crippen LogP contribution is -2.36. The summed E-state index contributed by atoms with van der Waals surface area (Å²) in [6.45, 7) is 1.46. The average Bonchev–Trinajstić information content (AvgIpc) is 2.59. The number of hydrogen-bond donors (Lipinski definition) is 2. The molecule has 0 aliphatic carbocycles. The van der Waals surface area contributed by atoms with Crippen molar-refractivity contribution in [2.45, 2.75) is 17.9 Å². The van der Waals surface area contributed by atoms with Crippen LogP contribution in [0.3, 0.4) is 0 Å². The van der Waals surface area contributed by atoms with Gasteiger partial charge in [-0.1, -0.05) is 18.2 Å². The Bertz CT molecular complexity index is 787. The van der Waals surface area contributed by atoms with Crippen molar-refractivity contribution in [3.05, 3.63) is 60.2 Å². The molecule has 0 heterocycles. The van der Waals surface area contributed by atoms with Gasteiger partial charge in [0.2, 0.25) is 0 Å². The number of carbonyl (C=O) groups excluding carboxylic acids is 1. The Morgan fingerprint density at radius 3 is 2.21 bits per heavy atom. The van der Waals surface area contributed by atoms with Gasteiger partial charge in [0.05, 0.1) is 23.2 Å². The highest BCUT2D eigenvalue weighted by Gasteiger charge is 2.26. The predicted octanol–water partition coefficient (Wildman–Crippen LogP) is 1.62. The van der Waals surface area contributed by atoms with E-state index in [9.17, 15) is 18.3 Å². The van der Waals surface area contributed by atoms with Gasteiger partial charge in [0.1, 0.15) is 0 Å². The second-order valence-electron chi connectivity index (χ2n) is 5.32. The van der Waals surface area contributed by atoms with Gasteiger partial charge in [-0.15, -0.1) is 0 Å². The third kappa shape index (κ3) is 3.93. The highest BCUT2D eigenvalue weighted by Crippen LogP contribution is 2.24. The largest absolute Gasteiger partial charge is 0.392 e. The molecule has 0 saturated carbocycles. The standard InChI is InChI=1S/C17H20N2O4S/c1-13(20)12-19(15-6-4-3-5-7-15)24(22,23)16-10-8-14(9-11-16)17(21)18-2/h3-11,13,20H,12H2,1-2H3,(H,18,21)/t13-/m1/s1. The van der Waals surface area contributed by atoms with E-state index >= 15 is 0 Å². The van der Waals surface area contributed by atoms with Crippen molar-refractivity contribution in [1.82, 2.24) is 5.32 Å². The third-order valence-electron chi connectivity index (χ3n) is 3.41. The average molecular weight is 348 g/mol. The van der Waals surface area contributed by atoms with Crippen molar-refractivity contribution in [3.63, 3.8) is 0 Å². The number of nitrogens with one attached hydrogen (secondary N) is 1. The van der Waals surface area contributed by atoms with E-state index in [4.69, 9.17) is 0 Å². The summed E-state index contributed by atoms with van der Waals surface area (Å²) in [4.78, 5) is 11.6. The second kappa shape index (κ2) is 7.46. The summed E-state index contributed by atoms with van der Waals surface area (Å²) in [7, 11) is -2.35. The number of aliphatic hydroxyl groups excluding tert-OH is 1. The number of sulfonamides is 1. The summed E-state index contributed by atoms with van der Waals surface area (Å²) in [5.41, 5.74) is 0.840. The Balaban J connectivity index is 2.42. The first-order chi connectivity index (χ1) is 11.4. The van der Waals surface area contributed by atoms with Crippen molar-refractivity contribution in [3.8, 4) is 0 Å². The third-order valence-corrected chi connectivity index (χ3v) is 5.21. The van der Waals surface area contributed by atoms with Crippen molar-refractivity contribution < 1.29 is 18.3 Å². The maximum Gasteiger partial charge on any atom is 0.264 e. The highest BCUT2D eigenvalue weighted by molar-refractivity contribution is 7.92. The minimum Gasteiger partial charge on any atom is -0.392 e. The zero-order chi connectivity index (χ0) is 17.7. The SMILES string of the molecule is CNC(=O)c1ccc(S(=O)(=O)N(C[C@@H](C)O)c2ccccc2)cc1. The molecule has 0 aromatic heterocycles. The van der Waals surface area contributed by atoms with E-state index in [2.05, 4.69) is 5.32 Å². The fourth-order valence-corrected chi connectivity index (χ4v) is 3.77. The summed E-state index contributed by atoms with van der Waals surface area (Å²) < 4.78 is 27.0. The van der Waals surface area contributed by atoms with Crippen LogP contribution in [-0.4, -0.2) is 39.1 Å². The van der Waals surface area contributed by atoms with Gasteiger partial charge in [-0.3, -0.25) is 9.10 Å². The van der Waals surface area contributed by atoms with Crippen molar-refractivity contribution >= 4 is 21.6 Å². The lowest BCUT2D eigenvalue weighted by Gasteiger charge is -2.25. The Morgan fingerprint density at radius 1 is 1.12 bits per heavy atom. The van der Waals surface area contributed by atoms with Crippen molar-refractivity contribution in [2.24, 2.45) is 0 Å². The fraction of sp³-hybridized carbons (Fsp3) is 0.235. The lowest BCUT2D eigenvalue weighted by molar-refractivity contribution is 0.0963. The van der Waals surface area contributed by atoms with E-state index in [-0.39, 0.29) is 17.3 Å². The maximum absolute atomic E-state index is 12.9. The van der Waals surface area contributed by atoms with Gasteiger partial charge < -0.3 is 10.4 Å². The van der Waals surface area contributed by atoms with E-state index in [1.165, 1.54) is 38.2 Å². The van der Waals surface area contributed by atoms with Gasteiger partial charge in [-0.25, -0.2) is 8.42 Å². The fourth-order valence-electron chi connectivity index (χ4n) is 2.23.